The van der Waals surface area contributed by atoms with Gasteiger partial charge in [0.05, 0.1) is 12.8 Å². The molecule has 0 aliphatic heterocycles. The Morgan fingerprint density at radius 3 is 2.87 bits per heavy atom. The minimum atomic E-state index is -1.12. The zero-order valence-corrected chi connectivity index (χ0v) is 7.98. The molecule has 0 atom stereocenters. The number of anilines is 1. The van der Waals surface area contributed by atoms with Crippen LogP contribution in [0.5, 0.6) is 5.75 Å². The first-order valence-corrected chi connectivity index (χ1v) is 4.23. The lowest BCUT2D eigenvalue weighted by Crippen LogP contribution is -1.92. The van der Waals surface area contributed by atoms with Crippen LogP contribution in [0.1, 0.15) is 10.6 Å². The standard InChI is InChI=1S/C10H9NO4/c1-14-7-3-2-6-5(9(7)11)4-8(15-6)10(12)13/h2-4H,11H2,1H3,(H,12,13). The average Bonchev–Trinajstić information content (AvgIpc) is 2.63. The summed E-state index contributed by atoms with van der Waals surface area (Å²) in [6.45, 7) is 0. The molecule has 0 saturated heterocycles. The summed E-state index contributed by atoms with van der Waals surface area (Å²) >= 11 is 0. The minimum Gasteiger partial charge on any atom is -0.495 e. The number of hydrogen-bond donors (Lipinski definition) is 2. The van der Waals surface area contributed by atoms with E-state index in [0.717, 1.165) is 0 Å². The van der Waals surface area contributed by atoms with Crippen molar-refractivity contribution < 1.29 is 19.1 Å². The second kappa shape index (κ2) is 3.20. The van der Waals surface area contributed by atoms with Crippen LogP contribution in [0.4, 0.5) is 5.69 Å². The van der Waals surface area contributed by atoms with Gasteiger partial charge in [0.1, 0.15) is 11.3 Å². The first-order chi connectivity index (χ1) is 7.13. The summed E-state index contributed by atoms with van der Waals surface area (Å²) in [4.78, 5) is 10.7. The van der Waals surface area contributed by atoms with Gasteiger partial charge in [-0.15, -0.1) is 0 Å². The second-order valence-electron chi connectivity index (χ2n) is 3.01. The fourth-order valence-corrected chi connectivity index (χ4v) is 1.40. The highest BCUT2D eigenvalue weighted by Gasteiger charge is 2.14. The molecule has 5 nitrogen and oxygen atoms in total. The second-order valence-corrected chi connectivity index (χ2v) is 3.01. The van der Waals surface area contributed by atoms with Crippen molar-refractivity contribution in [2.45, 2.75) is 0 Å². The number of furan rings is 1. The molecular formula is C10H9NO4. The van der Waals surface area contributed by atoms with E-state index < -0.39 is 5.97 Å². The van der Waals surface area contributed by atoms with Crippen LogP contribution in [0.25, 0.3) is 11.0 Å². The Kier molecular flexibility index (Phi) is 2.00. The largest absolute Gasteiger partial charge is 0.495 e. The lowest BCUT2D eigenvalue weighted by molar-refractivity contribution is 0.0665. The predicted molar refractivity (Wildman–Crippen MR) is 54.1 cm³/mol. The maximum atomic E-state index is 10.7. The SMILES string of the molecule is COc1ccc2oc(C(=O)O)cc2c1N. The molecule has 0 radical (unpaired) electrons. The van der Waals surface area contributed by atoms with Crippen molar-refractivity contribution in [3.8, 4) is 5.75 Å². The summed E-state index contributed by atoms with van der Waals surface area (Å²) in [5.41, 5.74) is 6.58. The monoisotopic (exact) mass is 207 g/mol. The number of rotatable bonds is 2. The highest BCUT2D eigenvalue weighted by Crippen LogP contribution is 2.32. The molecule has 0 aliphatic rings. The molecule has 2 rings (SSSR count). The van der Waals surface area contributed by atoms with Crippen LogP contribution in [-0.2, 0) is 0 Å². The Hall–Kier alpha value is -2.17. The van der Waals surface area contributed by atoms with Gasteiger partial charge in [0, 0.05) is 11.5 Å². The van der Waals surface area contributed by atoms with Gasteiger partial charge in [-0.3, -0.25) is 0 Å². The number of carboxylic acids is 1. The third kappa shape index (κ3) is 1.38. The van der Waals surface area contributed by atoms with E-state index >= 15 is 0 Å². The molecule has 0 fully saturated rings. The van der Waals surface area contributed by atoms with Crippen LogP contribution in [-0.4, -0.2) is 18.2 Å². The number of benzene rings is 1. The highest BCUT2D eigenvalue weighted by atomic mass is 16.5. The lowest BCUT2D eigenvalue weighted by Gasteiger charge is -2.03. The lowest BCUT2D eigenvalue weighted by atomic mass is 10.2. The van der Waals surface area contributed by atoms with Gasteiger partial charge < -0.3 is 20.0 Å². The van der Waals surface area contributed by atoms with Crippen molar-refractivity contribution in [1.29, 1.82) is 0 Å². The summed E-state index contributed by atoms with van der Waals surface area (Å²) in [5, 5.41) is 9.29. The molecule has 78 valence electrons. The van der Waals surface area contributed by atoms with E-state index in [-0.39, 0.29) is 5.76 Å². The molecule has 0 unspecified atom stereocenters. The number of carboxylic acid groups (broad SMARTS) is 1. The summed E-state index contributed by atoms with van der Waals surface area (Å²) in [6.07, 6.45) is 0. The van der Waals surface area contributed by atoms with Crippen molar-refractivity contribution in [2.75, 3.05) is 12.8 Å². The van der Waals surface area contributed by atoms with Crippen molar-refractivity contribution in [2.24, 2.45) is 0 Å². The van der Waals surface area contributed by atoms with Crippen molar-refractivity contribution in [3.63, 3.8) is 0 Å². The molecule has 0 aliphatic carbocycles. The molecule has 0 saturated carbocycles. The highest BCUT2D eigenvalue weighted by molar-refractivity contribution is 5.98. The van der Waals surface area contributed by atoms with Crippen molar-refractivity contribution in [3.05, 3.63) is 24.0 Å². The van der Waals surface area contributed by atoms with Gasteiger partial charge in [-0.25, -0.2) is 4.79 Å². The number of nitrogen functional groups attached to an aromatic ring is 1. The first-order valence-electron chi connectivity index (χ1n) is 4.23. The van der Waals surface area contributed by atoms with Gasteiger partial charge in [-0.2, -0.15) is 0 Å². The van der Waals surface area contributed by atoms with E-state index in [4.69, 9.17) is 20.0 Å². The summed E-state index contributed by atoms with van der Waals surface area (Å²) < 4.78 is 10.1. The van der Waals surface area contributed by atoms with Crippen LogP contribution in [0.2, 0.25) is 0 Å². The molecule has 3 N–H and O–H groups in total. The Morgan fingerprint density at radius 2 is 2.27 bits per heavy atom. The maximum Gasteiger partial charge on any atom is 0.371 e. The van der Waals surface area contributed by atoms with Crippen LogP contribution in [0.3, 0.4) is 0 Å². The number of ether oxygens (including phenoxy) is 1. The molecular weight excluding hydrogens is 198 g/mol. The van der Waals surface area contributed by atoms with Crippen molar-refractivity contribution >= 4 is 22.6 Å². The number of nitrogens with two attached hydrogens (primary N) is 1. The quantitative estimate of drug-likeness (QED) is 0.732. The minimum absolute atomic E-state index is 0.134. The first kappa shape index (κ1) is 9.39. The molecule has 1 heterocycles. The Bertz CT molecular complexity index is 529. The van der Waals surface area contributed by atoms with Gasteiger partial charge in [-0.1, -0.05) is 0 Å². The number of carbonyl (C=O) groups is 1. The van der Waals surface area contributed by atoms with E-state index in [9.17, 15) is 4.79 Å². The van der Waals surface area contributed by atoms with E-state index in [2.05, 4.69) is 0 Å². The molecule has 1 aromatic carbocycles. The van der Waals surface area contributed by atoms with Crippen molar-refractivity contribution in [1.82, 2.24) is 0 Å². The van der Waals surface area contributed by atoms with Gasteiger partial charge >= 0.3 is 5.97 Å². The number of hydrogen-bond acceptors (Lipinski definition) is 4. The van der Waals surface area contributed by atoms with Gasteiger partial charge in [-0.05, 0) is 12.1 Å². The Labute approximate surface area is 85.0 Å². The topological polar surface area (TPSA) is 85.7 Å². The third-order valence-electron chi connectivity index (χ3n) is 2.13. The zero-order chi connectivity index (χ0) is 11.0. The fourth-order valence-electron chi connectivity index (χ4n) is 1.40. The van der Waals surface area contributed by atoms with Crippen LogP contribution >= 0.6 is 0 Å². The van der Waals surface area contributed by atoms with Crippen LogP contribution in [0, 0.1) is 0 Å². The predicted octanol–water partition coefficient (Wildman–Crippen LogP) is 1.72. The maximum absolute atomic E-state index is 10.7. The summed E-state index contributed by atoms with van der Waals surface area (Å²) in [6, 6.07) is 4.64. The molecule has 1 aromatic heterocycles. The number of aromatic carboxylic acids is 1. The van der Waals surface area contributed by atoms with Gasteiger partial charge in [0.15, 0.2) is 0 Å². The molecule has 5 heteroatoms. The number of methoxy groups -OCH3 is 1. The Balaban J connectivity index is 2.71. The molecule has 15 heavy (non-hydrogen) atoms. The summed E-state index contributed by atoms with van der Waals surface area (Å²) in [7, 11) is 1.50. The van der Waals surface area contributed by atoms with Gasteiger partial charge in [0.25, 0.3) is 0 Å². The van der Waals surface area contributed by atoms with E-state index in [1.807, 2.05) is 0 Å². The number of fused-ring (bicyclic) bond motifs is 1. The molecule has 2 aromatic rings. The molecule has 0 bridgehead atoms. The van der Waals surface area contributed by atoms with Crippen LogP contribution in [0.15, 0.2) is 22.6 Å². The van der Waals surface area contributed by atoms with E-state index in [1.165, 1.54) is 13.2 Å². The smallest absolute Gasteiger partial charge is 0.371 e. The zero-order valence-electron chi connectivity index (χ0n) is 7.98. The Morgan fingerprint density at radius 1 is 1.53 bits per heavy atom. The van der Waals surface area contributed by atoms with E-state index in [1.54, 1.807) is 12.1 Å². The molecule has 0 spiro atoms. The van der Waals surface area contributed by atoms with Crippen LogP contribution < -0.4 is 10.5 Å². The normalized spacial score (nSPS) is 10.5. The third-order valence-corrected chi connectivity index (χ3v) is 2.13. The fraction of sp³-hybridized carbons (Fsp3) is 0.100. The average molecular weight is 207 g/mol. The van der Waals surface area contributed by atoms with Gasteiger partial charge in [0.2, 0.25) is 5.76 Å². The van der Waals surface area contributed by atoms with E-state index in [0.29, 0.717) is 22.4 Å². The molecule has 0 amide bonds. The summed E-state index contributed by atoms with van der Waals surface area (Å²) in [5.74, 6) is -0.755.